The molecule has 2 heterocycles. The van der Waals surface area contributed by atoms with E-state index in [9.17, 15) is 0 Å². The lowest BCUT2D eigenvalue weighted by Gasteiger charge is -2.13. The summed E-state index contributed by atoms with van der Waals surface area (Å²) in [6.07, 6.45) is 1.69. The van der Waals surface area contributed by atoms with Crippen LogP contribution in [0.3, 0.4) is 0 Å². The van der Waals surface area contributed by atoms with Crippen molar-refractivity contribution in [2.45, 2.75) is 6.92 Å². The smallest absolute Gasteiger partial charge is 0.116 e. The minimum atomic E-state index is 1.01. The number of nitrogens with zero attached hydrogens (tertiary/aromatic N) is 2. The van der Waals surface area contributed by atoms with Crippen LogP contribution in [-0.4, -0.2) is 9.97 Å². The molecule has 0 N–H and O–H groups in total. The highest BCUT2D eigenvalue weighted by molar-refractivity contribution is 7.26. The van der Waals surface area contributed by atoms with Crippen LogP contribution in [0.25, 0.3) is 86.0 Å². The molecule has 7 aromatic carbocycles. The SMILES string of the molecule is Cc1ncnc2c3cc(-c4cccc(-c5cccc(-c6cccc7c6sc6ccccc67)c5)c4)ccc3c3ccccc3c12. The number of rotatable bonds is 3. The monoisotopic (exact) mass is 578 g/mol. The molecule has 0 atom stereocenters. The van der Waals surface area contributed by atoms with E-state index in [1.807, 2.05) is 11.3 Å². The van der Waals surface area contributed by atoms with E-state index in [2.05, 4.69) is 145 Å². The highest BCUT2D eigenvalue weighted by Crippen LogP contribution is 2.41. The van der Waals surface area contributed by atoms with Crippen LogP contribution in [0.5, 0.6) is 0 Å². The summed E-state index contributed by atoms with van der Waals surface area (Å²) in [5.74, 6) is 0. The fraction of sp³-hybridized carbons (Fsp3) is 0.0244. The van der Waals surface area contributed by atoms with E-state index in [4.69, 9.17) is 4.98 Å². The minimum Gasteiger partial charge on any atom is -0.241 e. The number of aromatic nitrogens is 2. The first-order valence-electron chi connectivity index (χ1n) is 14.9. The Morgan fingerprint density at radius 2 is 1.07 bits per heavy atom. The molecule has 0 unspecified atom stereocenters. The predicted octanol–water partition coefficient (Wildman–Crippen LogP) is 11.6. The van der Waals surface area contributed by atoms with Crippen LogP contribution in [0, 0.1) is 6.92 Å². The Morgan fingerprint density at radius 1 is 0.455 bits per heavy atom. The topological polar surface area (TPSA) is 25.8 Å². The Morgan fingerprint density at radius 3 is 1.89 bits per heavy atom. The van der Waals surface area contributed by atoms with Crippen molar-refractivity contribution in [3.8, 4) is 33.4 Å². The molecular weight excluding hydrogens is 553 g/mol. The van der Waals surface area contributed by atoms with Crippen LogP contribution in [0.4, 0.5) is 0 Å². The maximum absolute atomic E-state index is 4.78. The maximum atomic E-state index is 4.78. The average molecular weight is 579 g/mol. The molecule has 0 saturated heterocycles. The van der Waals surface area contributed by atoms with Gasteiger partial charge in [-0.3, -0.25) is 0 Å². The summed E-state index contributed by atoms with van der Waals surface area (Å²) in [4.78, 5) is 9.32. The Balaban J connectivity index is 1.17. The number of aryl methyl sites for hydroxylation is 1. The van der Waals surface area contributed by atoms with Gasteiger partial charge in [-0.2, -0.15) is 0 Å². The molecule has 2 nitrogen and oxygen atoms in total. The van der Waals surface area contributed by atoms with Crippen molar-refractivity contribution in [1.29, 1.82) is 0 Å². The third-order valence-electron chi connectivity index (χ3n) is 8.91. The van der Waals surface area contributed by atoms with Gasteiger partial charge in [0.2, 0.25) is 0 Å². The van der Waals surface area contributed by atoms with E-state index in [-0.39, 0.29) is 0 Å². The lowest BCUT2D eigenvalue weighted by atomic mass is 9.92. The molecule has 0 radical (unpaired) electrons. The third kappa shape index (κ3) is 3.87. The van der Waals surface area contributed by atoms with Gasteiger partial charge in [0.1, 0.15) is 6.33 Å². The zero-order valence-electron chi connectivity index (χ0n) is 24.1. The van der Waals surface area contributed by atoms with Crippen molar-refractivity contribution < 1.29 is 0 Å². The molecule has 44 heavy (non-hydrogen) atoms. The number of hydrogen-bond donors (Lipinski definition) is 0. The van der Waals surface area contributed by atoms with E-state index in [1.54, 1.807) is 6.33 Å². The first-order valence-corrected chi connectivity index (χ1v) is 15.7. The molecule has 0 aliphatic heterocycles. The average Bonchev–Trinajstić information content (AvgIpc) is 3.47. The predicted molar refractivity (Wildman–Crippen MR) is 188 cm³/mol. The second-order valence-corrected chi connectivity index (χ2v) is 12.5. The largest absolute Gasteiger partial charge is 0.241 e. The second-order valence-electron chi connectivity index (χ2n) is 11.4. The van der Waals surface area contributed by atoms with Gasteiger partial charge < -0.3 is 0 Å². The lowest BCUT2D eigenvalue weighted by Crippen LogP contribution is -1.92. The Bertz CT molecular complexity index is 2580. The Hall–Kier alpha value is -5.38. The molecule has 3 heteroatoms. The highest BCUT2D eigenvalue weighted by Gasteiger charge is 2.14. The molecule has 0 aliphatic carbocycles. The number of fused-ring (bicyclic) bond motifs is 9. The molecule has 0 aliphatic rings. The summed E-state index contributed by atoms with van der Waals surface area (Å²) in [5, 5.41) is 8.60. The van der Waals surface area contributed by atoms with Gasteiger partial charge in [-0.15, -0.1) is 11.3 Å². The summed E-state index contributed by atoms with van der Waals surface area (Å²) >= 11 is 1.88. The molecule has 0 bridgehead atoms. The summed E-state index contributed by atoms with van der Waals surface area (Å²) in [7, 11) is 0. The quantitative estimate of drug-likeness (QED) is 0.195. The van der Waals surface area contributed by atoms with Gasteiger partial charge in [0.25, 0.3) is 0 Å². The number of hydrogen-bond acceptors (Lipinski definition) is 3. The van der Waals surface area contributed by atoms with Crippen molar-refractivity contribution in [1.82, 2.24) is 9.97 Å². The molecule has 9 aromatic rings. The van der Waals surface area contributed by atoms with Crippen molar-refractivity contribution in [3.05, 3.63) is 145 Å². The van der Waals surface area contributed by atoms with Gasteiger partial charge >= 0.3 is 0 Å². The molecule has 2 aromatic heterocycles. The minimum absolute atomic E-state index is 1.01. The van der Waals surface area contributed by atoms with Gasteiger partial charge in [-0.25, -0.2) is 9.97 Å². The Kier molecular flexibility index (Phi) is 5.62. The van der Waals surface area contributed by atoms with Crippen LogP contribution < -0.4 is 0 Å². The van der Waals surface area contributed by atoms with Crippen molar-refractivity contribution >= 4 is 64.0 Å². The van der Waals surface area contributed by atoms with E-state index < -0.39 is 0 Å². The van der Waals surface area contributed by atoms with Crippen molar-refractivity contribution in [3.63, 3.8) is 0 Å². The molecular formula is C41H26N2S. The van der Waals surface area contributed by atoms with Crippen LogP contribution in [0.15, 0.2) is 140 Å². The summed E-state index contributed by atoms with van der Waals surface area (Å²) in [6, 6.07) is 48.6. The Labute approximate surface area is 258 Å². The van der Waals surface area contributed by atoms with Crippen molar-refractivity contribution in [2.24, 2.45) is 0 Å². The van der Waals surface area contributed by atoms with Gasteiger partial charge in [0.15, 0.2) is 0 Å². The zero-order valence-corrected chi connectivity index (χ0v) is 24.9. The van der Waals surface area contributed by atoms with Crippen LogP contribution in [0.2, 0.25) is 0 Å². The second kappa shape index (κ2) is 9.84. The first-order chi connectivity index (χ1) is 21.7. The molecule has 0 fully saturated rings. The molecule has 206 valence electrons. The molecule has 0 amide bonds. The van der Waals surface area contributed by atoms with E-state index >= 15 is 0 Å². The maximum Gasteiger partial charge on any atom is 0.116 e. The fourth-order valence-electron chi connectivity index (χ4n) is 6.81. The van der Waals surface area contributed by atoms with E-state index in [0.29, 0.717) is 0 Å². The van der Waals surface area contributed by atoms with E-state index in [0.717, 1.165) is 22.0 Å². The summed E-state index contributed by atoms with van der Waals surface area (Å²) in [5.41, 5.74) is 9.32. The normalized spacial score (nSPS) is 11.8. The molecule has 9 rings (SSSR count). The number of benzene rings is 7. The van der Waals surface area contributed by atoms with E-state index in [1.165, 1.54) is 69.7 Å². The first kappa shape index (κ1) is 25.1. The lowest BCUT2D eigenvalue weighted by molar-refractivity contribution is 1.16. The van der Waals surface area contributed by atoms with Crippen LogP contribution >= 0.6 is 11.3 Å². The standard InChI is InChI=1S/C41H26N2S/c1-25-39-35-15-3-2-13-32(35)33-20-19-29(23-37(33)40(39)43-24-42-25)27-10-6-9-26(21-27)28-11-7-12-30(22-28)31-16-8-17-36-34-14-4-5-18-38(34)44-41(31)36/h2-24H,1H3. The summed E-state index contributed by atoms with van der Waals surface area (Å²) in [6.45, 7) is 2.07. The zero-order chi connectivity index (χ0) is 29.2. The van der Waals surface area contributed by atoms with Crippen LogP contribution in [-0.2, 0) is 0 Å². The van der Waals surface area contributed by atoms with Gasteiger partial charge in [0.05, 0.1) is 5.52 Å². The molecule has 0 spiro atoms. The van der Waals surface area contributed by atoms with Crippen molar-refractivity contribution in [2.75, 3.05) is 0 Å². The van der Waals surface area contributed by atoms with Crippen LogP contribution in [0.1, 0.15) is 5.69 Å². The number of thiophene rings is 1. The summed E-state index contributed by atoms with van der Waals surface area (Å²) < 4.78 is 2.67. The molecule has 0 saturated carbocycles. The van der Waals surface area contributed by atoms with Gasteiger partial charge in [0, 0.05) is 36.6 Å². The third-order valence-corrected chi connectivity index (χ3v) is 10.1. The highest BCUT2D eigenvalue weighted by atomic mass is 32.1. The van der Waals surface area contributed by atoms with Gasteiger partial charge in [-0.1, -0.05) is 109 Å². The van der Waals surface area contributed by atoms with Gasteiger partial charge in [-0.05, 0) is 80.7 Å². The fourth-order valence-corrected chi connectivity index (χ4v) is 8.05.